The van der Waals surface area contributed by atoms with E-state index in [0.717, 1.165) is 10.9 Å². The fourth-order valence-electron chi connectivity index (χ4n) is 2.62. The van der Waals surface area contributed by atoms with Crippen LogP contribution in [0.15, 0.2) is 42.5 Å². The van der Waals surface area contributed by atoms with Crippen molar-refractivity contribution in [3.63, 3.8) is 0 Å². The van der Waals surface area contributed by atoms with E-state index in [9.17, 15) is 5.11 Å². The van der Waals surface area contributed by atoms with Gasteiger partial charge >= 0.3 is 0 Å². The van der Waals surface area contributed by atoms with E-state index >= 15 is 0 Å². The molecular weight excluding hydrogens is 228 g/mol. The lowest BCUT2D eigenvalue weighted by Crippen LogP contribution is -2.24. The van der Waals surface area contributed by atoms with Gasteiger partial charge in [-0.15, -0.1) is 0 Å². The molecule has 0 spiro atoms. The summed E-state index contributed by atoms with van der Waals surface area (Å²) in [7, 11) is 0. The van der Waals surface area contributed by atoms with Crippen LogP contribution in [0, 0.1) is 0 Å². The smallest absolute Gasteiger partial charge is 0.107 e. The molecule has 0 saturated carbocycles. The summed E-state index contributed by atoms with van der Waals surface area (Å²) in [5.74, 6) is 0. The molecule has 1 saturated heterocycles. The van der Waals surface area contributed by atoms with Crippen LogP contribution in [0.5, 0.6) is 0 Å². The lowest BCUT2D eigenvalue weighted by molar-refractivity contribution is -0.0222. The topological polar surface area (TPSA) is 49.7 Å². The molecule has 0 unspecified atom stereocenters. The van der Waals surface area contributed by atoms with Gasteiger partial charge in [-0.3, -0.25) is 0 Å². The van der Waals surface area contributed by atoms with E-state index in [1.807, 2.05) is 24.3 Å². The first-order chi connectivity index (χ1) is 8.79. The second kappa shape index (κ2) is 4.69. The third-order valence-electron chi connectivity index (χ3n) is 3.57. The lowest BCUT2D eigenvalue weighted by atomic mass is 9.98. The highest BCUT2D eigenvalue weighted by Crippen LogP contribution is 2.36. The van der Waals surface area contributed by atoms with Crippen LogP contribution in [-0.2, 0) is 4.74 Å². The molecule has 1 aliphatic rings. The summed E-state index contributed by atoms with van der Waals surface area (Å²) < 4.78 is 5.72. The van der Waals surface area contributed by atoms with Gasteiger partial charge < -0.3 is 14.9 Å². The Bertz CT molecular complexity index is 547. The standard InChI is InChI=1S/C15H16O3/c16-9-15-13(17)8-14(18-15)12-7-3-5-10-4-1-2-6-11(10)12/h1-7,13-17H,8-9H2/t13-,14-,15-/m1/s1. The number of aliphatic hydroxyl groups excluding tert-OH is 2. The van der Waals surface area contributed by atoms with Crippen LogP contribution < -0.4 is 0 Å². The van der Waals surface area contributed by atoms with E-state index in [2.05, 4.69) is 18.2 Å². The minimum Gasteiger partial charge on any atom is -0.394 e. The summed E-state index contributed by atoms with van der Waals surface area (Å²) in [5.41, 5.74) is 1.09. The van der Waals surface area contributed by atoms with Gasteiger partial charge in [-0.1, -0.05) is 42.5 Å². The Morgan fingerprint density at radius 2 is 1.89 bits per heavy atom. The predicted molar refractivity (Wildman–Crippen MR) is 69.3 cm³/mol. The van der Waals surface area contributed by atoms with Gasteiger partial charge in [0.2, 0.25) is 0 Å². The molecule has 1 fully saturated rings. The normalized spacial score (nSPS) is 27.8. The molecule has 0 bridgehead atoms. The van der Waals surface area contributed by atoms with Crippen molar-refractivity contribution in [1.82, 2.24) is 0 Å². The summed E-state index contributed by atoms with van der Waals surface area (Å²) in [4.78, 5) is 0. The molecule has 0 aliphatic carbocycles. The Labute approximate surface area is 106 Å². The summed E-state index contributed by atoms with van der Waals surface area (Å²) in [6, 6.07) is 14.2. The van der Waals surface area contributed by atoms with Crippen LogP contribution >= 0.6 is 0 Å². The number of hydrogen-bond donors (Lipinski definition) is 2. The van der Waals surface area contributed by atoms with E-state index in [0.29, 0.717) is 6.42 Å². The highest BCUT2D eigenvalue weighted by Gasteiger charge is 2.34. The van der Waals surface area contributed by atoms with Gasteiger partial charge in [0.1, 0.15) is 6.10 Å². The Morgan fingerprint density at radius 1 is 1.11 bits per heavy atom. The molecule has 1 heterocycles. The zero-order valence-electron chi connectivity index (χ0n) is 9.99. The first kappa shape index (κ1) is 11.7. The Hall–Kier alpha value is -1.42. The van der Waals surface area contributed by atoms with E-state index < -0.39 is 12.2 Å². The van der Waals surface area contributed by atoms with Gasteiger partial charge in [0.25, 0.3) is 0 Å². The molecule has 2 aromatic carbocycles. The van der Waals surface area contributed by atoms with Gasteiger partial charge in [-0.05, 0) is 16.3 Å². The van der Waals surface area contributed by atoms with Crippen LogP contribution in [0.1, 0.15) is 18.1 Å². The fraction of sp³-hybridized carbons (Fsp3) is 0.333. The first-order valence-electron chi connectivity index (χ1n) is 6.21. The predicted octanol–water partition coefficient (Wildman–Crippen LogP) is 2.02. The minimum atomic E-state index is -0.584. The van der Waals surface area contributed by atoms with Gasteiger partial charge in [0.05, 0.1) is 18.8 Å². The highest BCUT2D eigenvalue weighted by atomic mass is 16.5. The molecule has 94 valence electrons. The van der Waals surface area contributed by atoms with Gasteiger partial charge in [-0.2, -0.15) is 0 Å². The van der Waals surface area contributed by atoms with Gasteiger partial charge in [-0.25, -0.2) is 0 Å². The van der Waals surface area contributed by atoms with Gasteiger partial charge in [0.15, 0.2) is 0 Å². The van der Waals surface area contributed by atoms with Crippen molar-refractivity contribution < 1.29 is 14.9 Å². The van der Waals surface area contributed by atoms with Gasteiger partial charge in [0, 0.05) is 6.42 Å². The number of fused-ring (bicyclic) bond motifs is 1. The summed E-state index contributed by atoms with van der Waals surface area (Å²) in [6.45, 7) is -0.136. The molecule has 3 rings (SSSR count). The molecule has 0 aromatic heterocycles. The van der Waals surface area contributed by atoms with Crippen molar-refractivity contribution in [2.75, 3.05) is 6.61 Å². The van der Waals surface area contributed by atoms with E-state index in [1.165, 1.54) is 5.39 Å². The molecule has 2 aromatic rings. The van der Waals surface area contributed by atoms with Crippen LogP contribution in [0.2, 0.25) is 0 Å². The van der Waals surface area contributed by atoms with Crippen LogP contribution in [0.3, 0.4) is 0 Å². The Morgan fingerprint density at radius 3 is 2.67 bits per heavy atom. The minimum absolute atomic E-state index is 0.136. The van der Waals surface area contributed by atoms with Crippen molar-refractivity contribution >= 4 is 10.8 Å². The van der Waals surface area contributed by atoms with Crippen molar-refractivity contribution in [3.05, 3.63) is 48.0 Å². The third kappa shape index (κ3) is 1.90. The first-order valence-corrected chi connectivity index (χ1v) is 6.21. The SMILES string of the molecule is OC[C@H]1O[C@@H](c2cccc3ccccc23)C[C@H]1O. The lowest BCUT2D eigenvalue weighted by Gasteiger charge is -2.14. The number of benzene rings is 2. The second-order valence-electron chi connectivity index (χ2n) is 4.72. The molecular formula is C15H16O3. The molecule has 3 nitrogen and oxygen atoms in total. The average molecular weight is 244 g/mol. The molecule has 18 heavy (non-hydrogen) atoms. The number of hydrogen-bond acceptors (Lipinski definition) is 3. The average Bonchev–Trinajstić information content (AvgIpc) is 2.79. The largest absolute Gasteiger partial charge is 0.394 e. The maximum atomic E-state index is 9.81. The fourth-order valence-corrected chi connectivity index (χ4v) is 2.62. The Balaban J connectivity index is 2.00. The molecule has 0 radical (unpaired) electrons. The van der Waals surface area contributed by atoms with Crippen LogP contribution in [0.25, 0.3) is 10.8 Å². The van der Waals surface area contributed by atoms with Crippen molar-refractivity contribution in [2.45, 2.75) is 24.7 Å². The molecule has 3 atom stereocenters. The van der Waals surface area contributed by atoms with E-state index in [4.69, 9.17) is 9.84 Å². The van der Waals surface area contributed by atoms with Crippen molar-refractivity contribution in [2.24, 2.45) is 0 Å². The van der Waals surface area contributed by atoms with Crippen molar-refractivity contribution in [1.29, 1.82) is 0 Å². The second-order valence-corrected chi connectivity index (χ2v) is 4.72. The molecule has 1 aliphatic heterocycles. The monoisotopic (exact) mass is 244 g/mol. The summed E-state index contributed by atoms with van der Waals surface area (Å²) in [6.07, 6.45) is -0.643. The quantitative estimate of drug-likeness (QED) is 0.849. The summed E-state index contributed by atoms with van der Waals surface area (Å²) in [5, 5.41) is 21.3. The summed E-state index contributed by atoms with van der Waals surface area (Å²) >= 11 is 0. The van der Waals surface area contributed by atoms with Crippen molar-refractivity contribution in [3.8, 4) is 0 Å². The number of rotatable bonds is 2. The molecule has 2 N–H and O–H groups in total. The highest BCUT2D eigenvalue weighted by molar-refractivity contribution is 5.86. The third-order valence-corrected chi connectivity index (χ3v) is 3.57. The zero-order valence-corrected chi connectivity index (χ0v) is 9.99. The molecule has 3 heteroatoms. The molecule has 0 amide bonds. The zero-order chi connectivity index (χ0) is 12.5. The number of aliphatic hydroxyl groups is 2. The maximum Gasteiger partial charge on any atom is 0.107 e. The Kier molecular flexibility index (Phi) is 3.04. The van der Waals surface area contributed by atoms with E-state index in [-0.39, 0.29) is 12.7 Å². The number of ether oxygens (including phenoxy) is 1. The van der Waals surface area contributed by atoms with Crippen LogP contribution in [-0.4, -0.2) is 29.0 Å². The maximum absolute atomic E-state index is 9.81. The van der Waals surface area contributed by atoms with E-state index in [1.54, 1.807) is 0 Å². The van der Waals surface area contributed by atoms with Crippen LogP contribution in [0.4, 0.5) is 0 Å².